The van der Waals surface area contributed by atoms with Crippen LogP contribution >= 0.6 is 0 Å². The second-order valence-electron chi connectivity index (χ2n) is 7.98. The molecule has 0 saturated heterocycles. The summed E-state index contributed by atoms with van der Waals surface area (Å²) >= 11 is 0. The number of nitrogens with zero attached hydrogens (tertiary/aromatic N) is 4. The van der Waals surface area contributed by atoms with Gasteiger partial charge in [0.15, 0.2) is 0 Å². The molecule has 2 heterocycles. The Bertz CT molecular complexity index is 1240. The van der Waals surface area contributed by atoms with Gasteiger partial charge in [-0.2, -0.15) is 5.21 Å². The van der Waals surface area contributed by atoms with Crippen molar-refractivity contribution in [1.29, 1.82) is 0 Å². The normalized spacial score (nSPS) is 13.1. The van der Waals surface area contributed by atoms with Crippen LogP contribution < -0.4 is 4.74 Å². The van der Waals surface area contributed by atoms with Gasteiger partial charge in [-0.05, 0) is 54.5 Å². The molecule has 0 bridgehead atoms. The summed E-state index contributed by atoms with van der Waals surface area (Å²) < 4.78 is 21.3. The van der Waals surface area contributed by atoms with E-state index in [9.17, 15) is 0 Å². The highest BCUT2D eigenvalue weighted by Crippen LogP contribution is 2.33. The molecule has 1 aliphatic carbocycles. The Morgan fingerprint density at radius 2 is 1.84 bits per heavy atom. The number of hydrogen-bond donors (Lipinski definition) is 1. The summed E-state index contributed by atoms with van der Waals surface area (Å²) in [6.07, 6.45) is 5.18. The van der Waals surface area contributed by atoms with Crippen LogP contribution in [0.3, 0.4) is 0 Å². The Kier molecular flexibility index (Phi) is 5.62. The maximum Gasteiger partial charge on any atom is 0.205 e. The minimum atomic E-state index is -0.312. The van der Waals surface area contributed by atoms with Crippen molar-refractivity contribution in [1.82, 2.24) is 25.6 Å². The van der Waals surface area contributed by atoms with Gasteiger partial charge >= 0.3 is 0 Å². The smallest absolute Gasteiger partial charge is 0.205 e. The van der Waals surface area contributed by atoms with Crippen LogP contribution in [0.2, 0.25) is 0 Å². The number of aromatic amines is 1. The molecule has 1 N–H and O–H groups in total. The topological polar surface area (TPSA) is 76.6 Å². The highest BCUT2D eigenvalue weighted by Gasteiger charge is 2.18. The van der Waals surface area contributed by atoms with Gasteiger partial charge in [-0.15, -0.1) is 10.2 Å². The van der Waals surface area contributed by atoms with E-state index in [4.69, 9.17) is 9.72 Å². The minimum absolute atomic E-state index is 0.309. The molecule has 0 atom stereocenters. The number of fused-ring (bicyclic) bond motifs is 1. The summed E-state index contributed by atoms with van der Waals surface area (Å²) in [6.45, 7) is 2.41. The lowest BCUT2D eigenvalue weighted by Gasteiger charge is -2.20. The van der Waals surface area contributed by atoms with Gasteiger partial charge in [0.1, 0.15) is 18.2 Å². The Morgan fingerprint density at radius 1 is 1.00 bits per heavy atom. The quantitative estimate of drug-likeness (QED) is 0.462. The van der Waals surface area contributed by atoms with E-state index in [1.165, 1.54) is 18.1 Å². The predicted octanol–water partition coefficient (Wildman–Crippen LogP) is 5.09. The van der Waals surface area contributed by atoms with E-state index < -0.39 is 0 Å². The maximum atomic E-state index is 15.1. The standard InChI is InChI=1S/C25H24FN5O/c1-2-17-14-24(21-9-5-6-10-23(21)27-17)32-15-16-11-12-19(22(26)13-16)18-7-3-4-8-20(18)25-28-30-31-29-25/h3-4,7-8,11-14H,2,5-6,9-10,15H2,1H3,(H,28,29,30,31). The molecule has 2 aromatic carbocycles. The van der Waals surface area contributed by atoms with E-state index >= 15 is 4.39 Å². The lowest BCUT2D eigenvalue weighted by Crippen LogP contribution is -2.10. The second kappa shape index (κ2) is 8.86. The van der Waals surface area contributed by atoms with Gasteiger partial charge < -0.3 is 4.74 Å². The van der Waals surface area contributed by atoms with Gasteiger partial charge in [-0.25, -0.2) is 4.39 Å². The van der Waals surface area contributed by atoms with Crippen LogP contribution in [-0.2, 0) is 25.9 Å². The van der Waals surface area contributed by atoms with Crippen molar-refractivity contribution in [3.05, 3.63) is 76.9 Å². The number of nitrogens with one attached hydrogen (secondary N) is 1. The Labute approximate surface area is 185 Å². The van der Waals surface area contributed by atoms with E-state index in [1.54, 1.807) is 6.07 Å². The van der Waals surface area contributed by atoms with Gasteiger partial charge in [0.25, 0.3) is 0 Å². The second-order valence-corrected chi connectivity index (χ2v) is 7.98. The van der Waals surface area contributed by atoms with E-state index in [0.717, 1.165) is 59.5 Å². The average molecular weight is 429 g/mol. The highest BCUT2D eigenvalue weighted by atomic mass is 19.1. The van der Waals surface area contributed by atoms with Gasteiger partial charge in [0.2, 0.25) is 5.82 Å². The van der Waals surface area contributed by atoms with Crippen LogP contribution in [-0.4, -0.2) is 25.6 Å². The third kappa shape index (κ3) is 3.98. The number of aryl methyl sites for hydroxylation is 2. The zero-order valence-electron chi connectivity index (χ0n) is 17.9. The number of ether oxygens (including phenoxy) is 1. The SMILES string of the molecule is CCc1cc(OCc2ccc(-c3ccccc3-c3nn[nH]n3)c(F)c2)c2c(n1)CCCC2. The summed E-state index contributed by atoms with van der Waals surface area (Å²) in [6, 6.07) is 14.7. The van der Waals surface area contributed by atoms with Crippen LogP contribution in [0.4, 0.5) is 4.39 Å². The fourth-order valence-corrected chi connectivity index (χ4v) is 4.25. The minimum Gasteiger partial charge on any atom is -0.488 e. The first-order valence-electron chi connectivity index (χ1n) is 11.0. The maximum absolute atomic E-state index is 15.1. The van der Waals surface area contributed by atoms with Gasteiger partial charge in [-0.1, -0.05) is 43.3 Å². The molecule has 5 rings (SSSR count). The molecule has 32 heavy (non-hydrogen) atoms. The monoisotopic (exact) mass is 429 g/mol. The number of hydrogen-bond acceptors (Lipinski definition) is 5. The number of rotatable bonds is 6. The Hall–Kier alpha value is -3.61. The molecule has 0 spiro atoms. The van der Waals surface area contributed by atoms with Crippen LogP contribution in [0, 0.1) is 5.82 Å². The van der Waals surface area contributed by atoms with Crippen LogP contribution in [0.1, 0.15) is 42.3 Å². The van der Waals surface area contributed by atoms with Crippen LogP contribution in [0.5, 0.6) is 5.75 Å². The first-order chi connectivity index (χ1) is 15.7. The number of tetrazole rings is 1. The largest absolute Gasteiger partial charge is 0.488 e. The Morgan fingerprint density at radius 3 is 2.62 bits per heavy atom. The van der Waals surface area contributed by atoms with Crippen molar-refractivity contribution >= 4 is 0 Å². The summed E-state index contributed by atoms with van der Waals surface area (Å²) in [4.78, 5) is 4.78. The van der Waals surface area contributed by atoms with Crippen LogP contribution in [0.15, 0.2) is 48.5 Å². The number of halogens is 1. The fourth-order valence-electron chi connectivity index (χ4n) is 4.25. The van der Waals surface area contributed by atoms with Gasteiger partial charge in [0, 0.05) is 34.1 Å². The third-order valence-corrected chi connectivity index (χ3v) is 5.91. The molecular formula is C25H24FN5O. The summed E-state index contributed by atoms with van der Waals surface area (Å²) in [7, 11) is 0. The molecular weight excluding hydrogens is 405 g/mol. The molecule has 0 fully saturated rings. The lowest BCUT2D eigenvalue weighted by atomic mass is 9.94. The van der Waals surface area contributed by atoms with Gasteiger partial charge in [0.05, 0.1) is 0 Å². The zero-order valence-corrected chi connectivity index (χ0v) is 17.9. The molecule has 2 aromatic heterocycles. The van der Waals surface area contributed by atoms with Crippen molar-refractivity contribution in [2.24, 2.45) is 0 Å². The number of aromatic nitrogens is 5. The highest BCUT2D eigenvalue weighted by molar-refractivity contribution is 5.80. The molecule has 0 unspecified atom stereocenters. The molecule has 6 nitrogen and oxygen atoms in total. The van der Waals surface area contributed by atoms with Crippen molar-refractivity contribution < 1.29 is 9.13 Å². The molecule has 0 radical (unpaired) electrons. The van der Waals surface area contributed by atoms with E-state index in [1.807, 2.05) is 36.4 Å². The summed E-state index contributed by atoms with van der Waals surface area (Å²) in [5.41, 5.74) is 6.12. The van der Waals surface area contributed by atoms with Crippen molar-refractivity contribution in [3.63, 3.8) is 0 Å². The predicted molar refractivity (Wildman–Crippen MR) is 120 cm³/mol. The van der Waals surface area contributed by atoms with Gasteiger partial charge in [-0.3, -0.25) is 4.98 Å². The van der Waals surface area contributed by atoms with Crippen LogP contribution in [0.25, 0.3) is 22.5 Å². The van der Waals surface area contributed by atoms with Crippen molar-refractivity contribution in [2.45, 2.75) is 45.6 Å². The summed E-state index contributed by atoms with van der Waals surface area (Å²) in [5, 5.41) is 14.1. The first kappa shape index (κ1) is 20.3. The number of benzene rings is 2. The van der Waals surface area contributed by atoms with Crippen molar-refractivity contribution in [3.8, 4) is 28.3 Å². The van der Waals surface area contributed by atoms with E-state index in [0.29, 0.717) is 18.0 Å². The van der Waals surface area contributed by atoms with Crippen molar-refractivity contribution in [2.75, 3.05) is 0 Å². The average Bonchev–Trinajstić information content (AvgIpc) is 3.37. The van der Waals surface area contributed by atoms with E-state index in [-0.39, 0.29) is 5.82 Å². The molecule has 0 saturated carbocycles. The summed E-state index contributed by atoms with van der Waals surface area (Å²) in [5.74, 6) is 1.01. The molecule has 7 heteroatoms. The third-order valence-electron chi connectivity index (χ3n) is 5.91. The first-order valence-corrected chi connectivity index (χ1v) is 11.0. The molecule has 4 aromatic rings. The zero-order chi connectivity index (χ0) is 21.9. The molecule has 162 valence electrons. The number of pyridine rings is 1. The Balaban J connectivity index is 1.40. The number of H-pyrrole nitrogens is 1. The molecule has 1 aliphatic rings. The van der Waals surface area contributed by atoms with E-state index in [2.05, 4.69) is 27.5 Å². The molecule has 0 aliphatic heterocycles. The molecule has 0 amide bonds. The fraction of sp³-hybridized carbons (Fsp3) is 0.280. The lowest BCUT2D eigenvalue weighted by molar-refractivity contribution is 0.299.